The number of allylic oxidation sites excluding steroid dienone is 1. The third-order valence-electron chi connectivity index (χ3n) is 3.89. The number of hydrogen-bond acceptors (Lipinski definition) is 2. The fraction of sp³-hybridized carbons (Fsp3) is 0.750. The number of carbonyl (C=O) groups excluding carboxylic acids is 1. The molecule has 0 unspecified atom stereocenters. The average Bonchev–Trinajstić information content (AvgIpc) is 2.41. The molecule has 0 aliphatic heterocycles. The van der Waals surface area contributed by atoms with E-state index < -0.39 is 0 Å². The largest absolute Gasteiger partial charge is 0.356 e. The molecule has 5 heteroatoms. The van der Waals surface area contributed by atoms with Crippen LogP contribution in [0, 0.1) is 5.92 Å². The lowest BCUT2D eigenvalue weighted by Gasteiger charge is -2.24. The highest BCUT2D eigenvalue weighted by molar-refractivity contribution is 5.80. The van der Waals surface area contributed by atoms with Crippen molar-refractivity contribution in [3.8, 4) is 0 Å². The van der Waals surface area contributed by atoms with Crippen molar-refractivity contribution in [3.63, 3.8) is 0 Å². The molecule has 5 nitrogen and oxygen atoms in total. The molecule has 0 aromatic carbocycles. The van der Waals surface area contributed by atoms with Crippen molar-refractivity contribution in [1.82, 2.24) is 15.5 Å². The molecule has 2 N–H and O–H groups in total. The summed E-state index contributed by atoms with van der Waals surface area (Å²) in [5.74, 6) is 1.42. The Morgan fingerprint density at radius 2 is 2.05 bits per heavy atom. The van der Waals surface area contributed by atoms with Gasteiger partial charge in [0.15, 0.2) is 5.96 Å². The maximum absolute atomic E-state index is 11.7. The van der Waals surface area contributed by atoms with Crippen LogP contribution in [0.1, 0.15) is 38.5 Å². The molecule has 0 bridgehead atoms. The van der Waals surface area contributed by atoms with E-state index in [-0.39, 0.29) is 11.8 Å². The summed E-state index contributed by atoms with van der Waals surface area (Å²) in [7, 11) is 3.83. The maximum Gasteiger partial charge on any atom is 0.223 e. The van der Waals surface area contributed by atoms with Crippen LogP contribution in [0.4, 0.5) is 0 Å². The summed E-state index contributed by atoms with van der Waals surface area (Å²) in [5.41, 5.74) is 0. The van der Waals surface area contributed by atoms with Crippen LogP contribution in [0.25, 0.3) is 0 Å². The van der Waals surface area contributed by atoms with Gasteiger partial charge in [-0.25, -0.2) is 0 Å². The monoisotopic (exact) mass is 294 g/mol. The molecule has 1 fully saturated rings. The molecule has 1 aliphatic carbocycles. The summed E-state index contributed by atoms with van der Waals surface area (Å²) in [5, 5.41) is 6.33. The Hall–Kier alpha value is -1.52. The predicted molar refractivity (Wildman–Crippen MR) is 88.4 cm³/mol. The molecular formula is C16H30N4O. The Bertz CT molecular complexity index is 350. The number of guanidine groups is 1. The Balaban J connectivity index is 2.08. The highest BCUT2D eigenvalue weighted by Crippen LogP contribution is 2.25. The van der Waals surface area contributed by atoms with Gasteiger partial charge in [0, 0.05) is 39.6 Å². The van der Waals surface area contributed by atoms with Crippen molar-refractivity contribution in [2.24, 2.45) is 10.9 Å². The van der Waals surface area contributed by atoms with Gasteiger partial charge in [0.25, 0.3) is 0 Å². The lowest BCUT2D eigenvalue weighted by Crippen LogP contribution is -2.41. The number of hydrogen-bond donors (Lipinski definition) is 2. The number of amides is 1. The molecule has 1 amide bonds. The highest BCUT2D eigenvalue weighted by Gasteiger charge is 2.24. The molecule has 0 aromatic heterocycles. The normalized spacial score (nSPS) is 15.2. The van der Waals surface area contributed by atoms with Gasteiger partial charge < -0.3 is 15.5 Å². The number of nitrogens with one attached hydrogen (secondary N) is 2. The number of aliphatic imine (C=N–C) groups is 1. The van der Waals surface area contributed by atoms with E-state index in [1.54, 1.807) is 7.05 Å². The van der Waals surface area contributed by atoms with Crippen molar-refractivity contribution >= 4 is 11.9 Å². The summed E-state index contributed by atoms with van der Waals surface area (Å²) < 4.78 is 0. The van der Waals surface area contributed by atoms with E-state index in [2.05, 4.69) is 27.1 Å². The molecule has 0 atom stereocenters. The van der Waals surface area contributed by atoms with Gasteiger partial charge in [0.05, 0.1) is 0 Å². The molecule has 0 saturated heterocycles. The first-order valence-corrected chi connectivity index (χ1v) is 7.99. The van der Waals surface area contributed by atoms with Crippen LogP contribution in [0.3, 0.4) is 0 Å². The molecule has 0 radical (unpaired) electrons. The average molecular weight is 294 g/mol. The lowest BCUT2D eigenvalue weighted by molar-refractivity contribution is -0.127. The Labute approximate surface area is 128 Å². The van der Waals surface area contributed by atoms with Gasteiger partial charge in [-0.1, -0.05) is 12.5 Å². The van der Waals surface area contributed by atoms with Gasteiger partial charge in [-0.3, -0.25) is 9.79 Å². The summed E-state index contributed by atoms with van der Waals surface area (Å²) >= 11 is 0. The smallest absolute Gasteiger partial charge is 0.223 e. The number of unbranched alkanes of at least 4 members (excludes halogenated alkanes) is 1. The fourth-order valence-electron chi connectivity index (χ4n) is 2.28. The zero-order valence-corrected chi connectivity index (χ0v) is 13.5. The standard InChI is InChI=1S/C16H30N4O/c1-4-5-6-13-20(3)16(17-2)19-12-8-11-18-15(21)14-9-7-10-14/h4,14H,1,5-13H2,2-3H3,(H,17,19)(H,18,21). The Morgan fingerprint density at radius 3 is 2.62 bits per heavy atom. The van der Waals surface area contributed by atoms with E-state index in [0.717, 1.165) is 57.7 Å². The second-order valence-electron chi connectivity index (χ2n) is 5.60. The van der Waals surface area contributed by atoms with Gasteiger partial charge in [0.1, 0.15) is 0 Å². The van der Waals surface area contributed by atoms with Crippen molar-refractivity contribution in [2.45, 2.75) is 38.5 Å². The lowest BCUT2D eigenvalue weighted by atomic mass is 9.85. The molecule has 0 heterocycles. The van der Waals surface area contributed by atoms with E-state index in [9.17, 15) is 4.79 Å². The summed E-state index contributed by atoms with van der Waals surface area (Å²) in [4.78, 5) is 18.1. The minimum absolute atomic E-state index is 0.229. The number of carbonyl (C=O) groups is 1. The summed E-state index contributed by atoms with van der Waals surface area (Å²) in [6, 6.07) is 0. The first-order chi connectivity index (χ1) is 10.2. The molecule has 120 valence electrons. The van der Waals surface area contributed by atoms with Crippen LogP contribution >= 0.6 is 0 Å². The van der Waals surface area contributed by atoms with Gasteiger partial charge >= 0.3 is 0 Å². The number of rotatable bonds is 9. The second-order valence-corrected chi connectivity index (χ2v) is 5.60. The zero-order valence-electron chi connectivity index (χ0n) is 13.5. The number of nitrogens with zero attached hydrogens (tertiary/aromatic N) is 2. The first kappa shape index (κ1) is 17.5. The molecule has 0 spiro atoms. The predicted octanol–water partition coefficient (Wildman–Crippen LogP) is 1.77. The van der Waals surface area contributed by atoms with Crippen molar-refractivity contribution < 1.29 is 4.79 Å². The third kappa shape index (κ3) is 6.65. The van der Waals surface area contributed by atoms with Gasteiger partial charge in [0.2, 0.25) is 5.91 Å². The summed E-state index contributed by atoms with van der Waals surface area (Å²) in [6.45, 7) is 6.25. The van der Waals surface area contributed by atoms with Crippen LogP contribution < -0.4 is 10.6 Å². The molecular weight excluding hydrogens is 264 g/mol. The minimum atomic E-state index is 0.229. The van der Waals surface area contributed by atoms with Crippen molar-refractivity contribution in [2.75, 3.05) is 33.7 Å². The molecule has 21 heavy (non-hydrogen) atoms. The third-order valence-corrected chi connectivity index (χ3v) is 3.89. The minimum Gasteiger partial charge on any atom is -0.356 e. The molecule has 1 saturated carbocycles. The maximum atomic E-state index is 11.7. The van der Waals surface area contributed by atoms with Crippen LogP contribution in [0.15, 0.2) is 17.6 Å². The van der Waals surface area contributed by atoms with E-state index in [1.165, 1.54) is 6.42 Å². The van der Waals surface area contributed by atoms with Gasteiger partial charge in [-0.2, -0.15) is 0 Å². The van der Waals surface area contributed by atoms with Gasteiger partial charge in [-0.05, 0) is 32.1 Å². The van der Waals surface area contributed by atoms with E-state index in [1.807, 2.05) is 13.1 Å². The van der Waals surface area contributed by atoms with E-state index >= 15 is 0 Å². The summed E-state index contributed by atoms with van der Waals surface area (Å²) in [6.07, 6.45) is 8.28. The molecule has 1 aliphatic rings. The topological polar surface area (TPSA) is 56.7 Å². The van der Waals surface area contributed by atoms with E-state index in [4.69, 9.17) is 0 Å². The first-order valence-electron chi connectivity index (χ1n) is 7.99. The van der Waals surface area contributed by atoms with Crippen molar-refractivity contribution in [3.05, 3.63) is 12.7 Å². The van der Waals surface area contributed by atoms with Crippen LogP contribution in [-0.2, 0) is 4.79 Å². The van der Waals surface area contributed by atoms with Crippen LogP contribution in [0.2, 0.25) is 0 Å². The molecule has 1 rings (SSSR count). The van der Waals surface area contributed by atoms with Crippen LogP contribution in [-0.4, -0.2) is 50.5 Å². The Kier molecular flexibility index (Phi) is 8.55. The zero-order chi connectivity index (χ0) is 15.5. The second kappa shape index (κ2) is 10.2. The SMILES string of the molecule is C=CCCCN(C)C(=NC)NCCCNC(=O)C1CCC1. The van der Waals surface area contributed by atoms with Gasteiger partial charge in [-0.15, -0.1) is 6.58 Å². The van der Waals surface area contributed by atoms with Crippen molar-refractivity contribution in [1.29, 1.82) is 0 Å². The van der Waals surface area contributed by atoms with E-state index in [0.29, 0.717) is 0 Å². The Morgan fingerprint density at radius 1 is 1.33 bits per heavy atom. The quantitative estimate of drug-likeness (QED) is 0.295. The fourth-order valence-corrected chi connectivity index (χ4v) is 2.28. The van der Waals surface area contributed by atoms with Crippen LogP contribution in [0.5, 0.6) is 0 Å². The molecule has 0 aromatic rings. The highest BCUT2D eigenvalue weighted by atomic mass is 16.1.